The Hall–Kier alpha value is -2.51. The average molecular weight is 745 g/mol. The molecular weight excluding hydrogens is 702 g/mol. The van der Waals surface area contributed by atoms with Crippen LogP contribution < -0.4 is 9.48 Å². The zero-order valence-electron chi connectivity index (χ0n) is 26.7. The first kappa shape index (κ1) is 34.8. The quantitative estimate of drug-likeness (QED) is 0.139. The van der Waals surface area contributed by atoms with Crippen LogP contribution in [0.15, 0.2) is 59.1 Å². The Labute approximate surface area is 291 Å². The molecule has 0 bridgehead atoms. The van der Waals surface area contributed by atoms with Crippen molar-refractivity contribution < 1.29 is 15.0 Å². The van der Waals surface area contributed by atoms with Crippen molar-refractivity contribution in [2.75, 3.05) is 24.7 Å². The smallest absolute Gasteiger partial charge is 0.274 e. The van der Waals surface area contributed by atoms with Crippen molar-refractivity contribution in [3.8, 4) is 5.69 Å². The summed E-state index contributed by atoms with van der Waals surface area (Å²) < 4.78 is 4.72. The molecule has 3 N–H and O–H groups in total. The maximum atomic E-state index is 13.7. The molecule has 2 aromatic carbocycles. The van der Waals surface area contributed by atoms with E-state index in [2.05, 4.69) is 46.9 Å². The number of rotatable bonds is 14. The second-order valence-electron chi connectivity index (χ2n) is 11.9. The lowest BCUT2D eigenvalue weighted by Crippen LogP contribution is -2.45. The van der Waals surface area contributed by atoms with Gasteiger partial charge in [0.1, 0.15) is 6.23 Å². The van der Waals surface area contributed by atoms with Gasteiger partial charge in [0.15, 0.2) is 15.4 Å². The Morgan fingerprint density at radius 2 is 1.87 bits per heavy atom. The molecule has 2 atom stereocenters. The highest BCUT2D eigenvalue weighted by atomic mass is 79.9. The molecule has 8 nitrogen and oxygen atoms in total. The van der Waals surface area contributed by atoms with E-state index in [0.29, 0.717) is 43.0 Å². The molecule has 2 unspecified atom stereocenters. The molecular formula is C34H43BrClN5O3SSi. The van der Waals surface area contributed by atoms with Gasteiger partial charge in [-0.15, -0.1) is 11.3 Å². The largest absolute Gasteiger partial charge is 0.411 e. The maximum absolute atomic E-state index is 13.7. The normalized spacial score (nSPS) is 15.8. The summed E-state index contributed by atoms with van der Waals surface area (Å²) in [6.45, 7) is 8.04. The van der Waals surface area contributed by atoms with Crippen molar-refractivity contribution in [2.45, 2.75) is 71.7 Å². The van der Waals surface area contributed by atoms with Crippen molar-refractivity contribution in [2.24, 2.45) is 0 Å². The van der Waals surface area contributed by atoms with E-state index >= 15 is 0 Å². The second-order valence-corrected chi connectivity index (χ2v) is 16.4. The van der Waals surface area contributed by atoms with E-state index in [-0.39, 0.29) is 18.6 Å². The number of aromatic nitrogens is 2. The SMILES string of the molecule is CCCCN(CCCC)C(=O)c1cc(C)n(-c2ccc(N[SiH2]c3sc(Cl)cc3Br)cc2C(O)N2Cc3ccccc3CC2CO)n1. The van der Waals surface area contributed by atoms with Gasteiger partial charge in [-0.25, -0.2) is 4.68 Å². The predicted molar refractivity (Wildman–Crippen MR) is 194 cm³/mol. The van der Waals surface area contributed by atoms with E-state index in [4.69, 9.17) is 16.7 Å². The first-order valence-corrected chi connectivity index (χ1v) is 19.4. The number of aliphatic hydroxyl groups is 2. The minimum Gasteiger partial charge on any atom is -0.411 e. The minimum atomic E-state index is -1.03. The van der Waals surface area contributed by atoms with Gasteiger partial charge in [-0.1, -0.05) is 62.6 Å². The Balaban J connectivity index is 1.51. The van der Waals surface area contributed by atoms with Gasteiger partial charge in [-0.3, -0.25) is 9.69 Å². The number of anilines is 1. The van der Waals surface area contributed by atoms with Crippen molar-refractivity contribution in [3.05, 3.63) is 91.5 Å². The fraction of sp³-hybridized carbons (Fsp3) is 0.412. The van der Waals surface area contributed by atoms with Gasteiger partial charge in [-0.05, 0) is 83.6 Å². The standard InChI is InChI=1S/C34H43BrClN5O3SSi/c1-4-6-14-39(15-7-5-2)33(44)29-16-22(3)41(37-29)30-13-12-25(38-46-34-28(35)19-31(36)45-34)18-27(30)32(43)40-20-24-11-9-8-10-23(24)17-26(40)21-42/h8-13,16,18-19,26,32,38,42-43H,4-7,14-15,17,20-21,46H2,1-3H3. The molecule has 1 aliphatic rings. The monoisotopic (exact) mass is 743 g/mol. The van der Waals surface area contributed by atoms with Crippen LogP contribution in [0.4, 0.5) is 5.69 Å². The summed E-state index contributed by atoms with van der Waals surface area (Å²) in [5.74, 6) is -0.0664. The summed E-state index contributed by atoms with van der Waals surface area (Å²) in [6.07, 6.45) is 3.54. The molecule has 0 saturated heterocycles. The third-order valence-electron chi connectivity index (χ3n) is 8.59. The number of fused-ring (bicyclic) bond motifs is 1. The summed E-state index contributed by atoms with van der Waals surface area (Å²) in [5.41, 5.74) is 5.76. The number of hydrogen-bond donors (Lipinski definition) is 3. The second kappa shape index (κ2) is 16.1. The summed E-state index contributed by atoms with van der Waals surface area (Å²) in [6, 6.07) is 17.6. The van der Waals surface area contributed by atoms with Gasteiger partial charge in [0.05, 0.1) is 16.6 Å². The number of benzene rings is 2. The van der Waals surface area contributed by atoms with Crippen LogP contribution in [0, 0.1) is 6.92 Å². The number of thiophene rings is 1. The molecule has 246 valence electrons. The molecule has 0 spiro atoms. The van der Waals surface area contributed by atoms with E-state index in [9.17, 15) is 15.0 Å². The lowest BCUT2D eigenvalue weighted by molar-refractivity contribution is -0.0529. The fourth-order valence-corrected chi connectivity index (χ4v) is 10.2. The zero-order chi connectivity index (χ0) is 32.8. The van der Waals surface area contributed by atoms with E-state index in [1.807, 2.05) is 59.2 Å². The molecule has 0 fully saturated rings. The first-order valence-electron chi connectivity index (χ1n) is 16.0. The number of nitrogens with one attached hydrogen (secondary N) is 1. The summed E-state index contributed by atoms with van der Waals surface area (Å²) in [4.78, 5) is 21.2. The number of nitrogens with zero attached hydrogens (tertiary/aromatic N) is 4. The molecule has 1 amide bonds. The van der Waals surface area contributed by atoms with Gasteiger partial charge in [0, 0.05) is 51.6 Å². The van der Waals surface area contributed by atoms with Gasteiger partial charge < -0.3 is 20.1 Å². The number of carbonyl (C=O) groups is 1. The van der Waals surface area contributed by atoms with Crippen LogP contribution in [0.2, 0.25) is 4.34 Å². The Bertz CT molecular complexity index is 1640. The number of aryl methyl sites for hydroxylation is 1. The molecule has 0 aliphatic carbocycles. The topological polar surface area (TPSA) is 93.9 Å². The summed E-state index contributed by atoms with van der Waals surface area (Å²) >= 11 is 11.4. The molecule has 1 aliphatic heterocycles. The molecule has 0 saturated carbocycles. The number of halogens is 2. The van der Waals surface area contributed by atoms with Crippen LogP contribution in [-0.2, 0) is 13.0 Å². The van der Waals surface area contributed by atoms with Crippen molar-refractivity contribution in [1.29, 1.82) is 0 Å². The molecule has 5 rings (SSSR count). The van der Waals surface area contributed by atoms with E-state index in [1.165, 1.54) is 10.1 Å². The number of carbonyl (C=O) groups excluding carboxylic acids is 1. The predicted octanol–water partition coefficient (Wildman–Crippen LogP) is 5.93. The number of hydrogen-bond acceptors (Lipinski definition) is 7. The summed E-state index contributed by atoms with van der Waals surface area (Å²) in [5, 5.41) is 27.4. The first-order chi connectivity index (χ1) is 22.2. The highest BCUT2D eigenvalue weighted by Gasteiger charge is 2.33. The lowest BCUT2D eigenvalue weighted by Gasteiger charge is -2.39. The van der Waals surface area contributed by atoms with E-state index in [0.717, 1.165) is 51.4 Å². The van der Waals surface area contributed by atoms with Crippen LogP contribution in [0.5, 0.6) is 0 Å². The zero-order valence-corrected chi connectivity index (χ0v) is 31.3. The number of amides is 1. The van der Waals surface area contributed by atoms with Crippen molar-refractivity contribution >= 4 is 64.6 Å². The average Bonchev–Trinajstić information content (AvgIpc) is 3.62. The maximum Gasteiger partial charge on any atom is 0.274 e. The van der Waals surface area contributed by atoms with Crippen molar-refractivity contribution in [3.63, 3.8) is 0 Å². The number of aliphatic hydroxyl groups excluding tert-OH is 2. The highest BCUT2D eigenvalue weighted by Crippen LogP contribution is 2.34. The van der Waals surface area contributed by atoms with E-state index < -0.39 is 15.9 Å². The number of unbranched alkanes of at least 4 members (excludes halogenated alkanes) is 2. The van der Waals surface area contributed by atoms with Gasteiger partial charge >= 0.3 is 0 Å². The van der Waals surface area contributed by atoms with Gasteiger partial charge in [-0.2, -0.15) is 5.10 Å². The van der Waals surface area contributed by atoms with Crippen LogP contribution >= 0.6 is 38.9 Å². The molecule has 12 heteroatoms. The molecule has 0 radical (unpaired) electrons. The molecule has 46 heavy (non-hydrogen) atoms. The van der Waals surface area contributed by atoms with Crippen LogP contribution in [0.3, 0.4) is 0 Å². The third-order valence-corrected chi connectivity index (χ3v) is 13.4. The van der Waals surface area contributed by atoms with Crippen LogP contribution in [0.1, 0.15) is 78.6 Å². The Morgan fingerprint density at radius 3 is 2.52 bits per heavy atom. The van der Waals surface area contributed by atoms with Crippen LogP contribution in [-0.4, -0.2) is 71.1 Å². The Morgan fingerprint density at radius 1 is 1.15 bits per heavy atom. The molecule has 4 aromatic rings. The minimum absolute atomic E-state index is 0.0664. The highest BCUT2D eigenvalue weighted by molar-refractivity contribution is 9.10. The third kappa shape index (κ3) is 7.95. The Kier molecular flexibility index (Phi) is 12.2. The van der Waals surface area contributed by atoms with E-state index in [1.54, 1.807) is 16.0 Å². The fourth-order valence-electron chi connectivity index (χ4n) is 5.98. The molecule has 2 aromatic heterocycles. The van der Waals surface area contributed by atoms with Crippen LogP contribution in [0.25, 0.3) is 5.69 Å². The van der Waals surface area contributed by atoms with Gasteiger partial charge in [0.2, 0.25) is 0 Å². The van der Waals surface area contributed by atoms with Gasteiger partial charge in [0.25, 0.3) is 5.91 Å². The summed E-state index contributed by atoms with van der Waals surface area (Å²) in [7, 11) is -0.919. The molecule has 3 heterocycles. The van der Waals surface area contributed by atoms with Crippen molar-refractivity contribution in [1.82, 2.24) is 19.6 Å². The lowest BCUT2D eigenvalue weighted by atomic mass is 9.93.